The maximum atomic E-state index is 6.40. The Morgan fingerprint density at radius 2 is 1.45 bits per heavy atom. The molecule has 3 heterocycles. The Morgan fingerprint density at radius 3 is 2.19 bits per heavy atom. The zero-order valence-electron chi connectivity index (χ0n) is 17.2. The number of benzene rings is 4. The number of hydrogen-bond donors (Lipinski definition) is 0. The van der Waals surface area contributed by atoms with Crippen LogP contribution in [0.4, 0.5) is 0 Å². The van der Waals surface area contributed by atoms with Crippen molar-refractivity contribution in [2.75, 3.05) is 0 Å². The van der Waals surface area contributed by atoms with Crippen molar-refractivity contribution < 1.29 is 4.74 Å². The van der Waals surface area contributed by atoms with Crippen molar-refractivity contribution in [1.82, 2.24) is 9.55 Å². The van der Waals surface area contributed by atoms with Gasteiger partial charge in [0.25, 0.3) is 0 Å². The molecule has 0 atom stereocenters. The van der Waals surface area contributed by atoms with Gasteiger partial charge in [0.2, 0.25) is 0 Å². The monoisotopic (exact) mass is 400 g/mol. The van der Waals surface area contributed by atoms with Crippen LogP contribution in [0.1, 0.15) is 35.0 Å². The normalized spacial score (nSPS) is 14.6. The van der Waals surface area contributed by atoms with Gasteiger partial charge in [-0.1, -0.05) is 67.6 Å². The largest absolute Gasteiger partial charge is 0.457 e. The Kier molecular flexibility index (Phi) is 3.19. The molecule has 0 unspecified atom stereocenters. The summed E-state index contributed by atoms with van der Waals surface area (Å²) >= 11 is 0. The molecule has 2 aliphatic rings. The zero-order valence-corrected chi connectivity index (χ0v) is 17.2. The Morgan fingerprint density at radius 1 is 0.774 bits per heavy atom. The fraction of sp³-hybridized carbons (Fsp3) is 0.107. The first-order chi connectivity index (χ1) is 15.3. The van der Waals surface area contributed by atoms with E-state index in [0.29, 0.717) is 0 Å². The molecular weight excluding hydrogens is 380 g/mol. The number of rotatable bonds is 1. The Balaban J connectivity index is 1.76. The van der Waals surface area contributed by atoms with Gasteiger partial charge in [-0.25, -0.2) is 4.98 Å². The average Bonchev–Trinajstić information content (AvgIpc) is 3.34. The second kappa shape index (κ2) is 5.86. The van der Waals surface area contributed by atoms with Gasteiger partial charge in [0.1, 0.15) is 22.7 Å². The first-order valence-corrected chi connectivity index (χ1v) is 10.8. The predicted molar refractivity (Wildman–Crippen MR) is 122 cm³/mol. The average molecular weight is 400 g/mol. The van der Waals surface area contributed by atoms with Crippen LogP contribution in [0.2, 0.25) is 0 Å². The molecule has 0 saturated carbocycles. The molecule has 148 valence electrons. The molecule has 2 aliphatic heterocycles. The number of fused-ring (bicyclic) bond motifs is 11. The fourth-order valence-electron chi connectivity index (χ4n) is 5.64. The molecule has 4 aromatic carbocycles. The van der Waals surface area contributed by atoms with Crippen LogP contribution in [0, 0.1) is 0 Å². The second-order valence-electron chi connectivity index (χ2n) is 8.27. The van der Waals surface area contributed by atoms with Gasteiger partial charge < -0.3 is 4.74 Å². The van der Waals surface area contributed by atoms with Gasteiger partial charge >= 0.3 is 0 Å². The van der Waals surface area contributed by atoms with Gasteiger partial charge in [-0.2, -0.15) is 0 Å². The minimum absolute atomic E-state index is 0.508. The Labute approximate surface area is 180 Å². The highest BCUT2D eigenvalue weighted by atomic mass is 16.5. The highest BCUT2D eigenvalue weighted by molar-refractivity contribution is 5.85. The molecule has 0 aliphatic carbocycles. The second-order valence-corrected chi connectivity index (χ2v) is 8.27. The lowest BCUT2D eigenvalue weighted by Gasteiger charge is -2.38. The maximum Gasteiger partial charge on any atom is 0.134 e. The molecule has 0 radical (unpaired) electrons. The van der Waals surface area contributed by atoms with Crippen LogP contribution < -0.4 is 4.74 Å². The van der Waals surface area contributed by atoms with Crippen molar-refractivity contribution in [3.8, 4) is 17.2 Å². The van der Waals surface area contributed by atoms with Crippen molar-refractivity contribution in [3.63, 3.8) is 0 Å². The van der Waals surface area contributed by atoms with E-state index in [-0.39, 0.29) is 0 Å². The van der Waals surface area contributed by atoms with Crippen LogP contribution >= 0.6 is 0 Å². The highest BCUT2D eigenvalue weighted by Crippen LogP contribution is 2.60. The number of imidazole rings is 1. The molecule has 1 aromatic heterocycles. The Bertz CT molecular complexity index is 1470. The van der Waals surface area contributed by atoms with Gasteiger partial charge in [-0.05, 0) is 42.3 Å². The molecule has 3 nitrogen and oxygen atoms in total. The summed E-state index contributed by atoms with van der Waals surface area (Å²) in [6, 6.07) is 32.0. The predicted octanol–water partition coefficient (Wildman–Crippen LogP) is 6.39. The van der Waals surface area contributed by atoms with Crippen LogP contribution in [-0.2, 0) is 11.8 Å². The topological polar surface area (TPSA) is 27.1 Å². The SMILES string of the molecule is CCc1cccc2c1C1(c3ccccc3Oc3ccccc31)c1nc3ccccc3n1-2. The number of nitrogens with zero attached hydrogens (tertiary/aromatic N) is 2. The lowest BCUT2D eigenvalue weighted by atomic mass is 9.66. The molecule has 0 bridgehead atoms. The first-order valence-electron chi connectivity index (χ1n) is 10.8. The maximum absolute atomic E-state index is 6.40. The van der Waals surface area contributed by atoms with Gasteiger partial charge in [0.15, 0.2) is 0 Å². The summed E-state index contributed by atoms with van der Waals surface area (Å²) in [5.74, 6) is 2.85. The summed E-state index contributed by atoms with van der Waals surface area (Å²) in [6.45, 7) is 2.24. The van der Waals surface area contributed by atoms with Crippen LogP contribution in [0.25, 0.3) is 16.7 Å². The van der Waals surface area contributed by atoms with E-state index < -0.39 is 5.41 Å². The van der Waals surface area contributed by atoms with E-state index in [1.54, 1.807) is 0 Å². The summed E-state index contributed by atoms with van der Waals surface area (Å²) in [6.07, 6.45) is 0.957. The van der Waals surface area contributed by atoms with Crippen molar-refractivity contribution in [2.24, 2.45) is 0 Å². The van der Waals surface area contributed by atoms with E-state index in [0.717, 1.165) is 45.9 Å². The molecule has 1 spiro atoms. The molecule has 0 amide bonds. The molecule has 5 aromatic rings. The summed E-state index contributed by atoms with van der Waals surface area (Å²) in [4.78, 5) is 5.27. The van der Waals surface area contributed by atoms with Gasteiger partial charge in [-0.15, -0.1) is 0 Å². The minimum atomic E-state index is -0.508. The highest BCUT2D eigenvalue weighted by Gasteiger charge is 2.54. The van der Waals surface area contributed by atoms with Crippen molar-refractivity contribution >= 4 is 11.0 Å². The summed E-state index contributed by atoms with van der Waals surface area (Å²) in [7, 11) is 0. The van der Waals surface area contributed by atoms with E-state index in [1.807, 2.05) is 12.1 Å². The fourth-order valence-corrected chi connectivity index (χ4v) is 5.64. The zero-order chi connectivity index (χ0) is 20.6. The van der Waals surface area contributed by atoms with E-state index >= 15 is 0 Å². The van der Waals surface area contributed by atoms with Crippen LogP contribution in [0.15, 0.2) is 91.0 Å². The number of aromatic nitrogens is 2. The molecular formula is C28H20N2O. The lowest BCUT2D eigenvalue weighted by molar-refractivity contribution is 0.432. The van der Waals surface area contributed by atoms with Crippen molar-refractivity contribution in [3.05, 3.63) is 119 Å². The molecule has 0 fully saturated rings. The van der Waals surface area contributed by atoms with Crippen molar-refractivity contribution in [1.29, 1.82) is 0 Å². The lowest BCUT2D eigenvalue weighted by Crippen LogP contribution is -2.34. The minimum Gasteiger partial charge on any atom is -0.457 e. The van der Waals surface area contributed by atoms with E-state index in [1.165, 1.54) is 16.8 Å². The van der Waals surface area contributed by atoms with Crippen LogP contribution in [0.3, 0.4) is 0 Å². The molecule has 0 saturated heterocycles. The number of para-hydroxylation sites is 4. The van der Waals surface area contributed by atoms with E-state index in [9.17, 15) is 0 Å². The standard InChI is InChI=1S/C28H20N2O/c1-2-18-10-9-15-23-26(18)28(27-29-21-13-5-6-14-22(21)30(23)27)19-11-3-7-16-24(19)31-25-17-8-4-12-20(25)28/h3-17H,2H2,1H3. The quantitative estimate of drug-likeness (QED) is 0.319. The van der Waals surface area contributed by atoms with Gasteiger partial charge in [0.05, 0.1) is 16.7 Å². The van der Waals surface area contributed by atoms with E-state index in [2.05, 4.69) is 90.4 Å². The number of hydrogen-bond acceptors (Lipinski definition) is 2. The number of ether oxygens (including phenoxy) is 1. The van der Waals surface area contributed by atoms with Crippen LogP contribution in [0.5, 0.6) is 11.5 Å². The third-order valence-electron chi connectivity index (χ3n) is 6.82. The van der Waals surface area contributed by atoms with Gasteiger partial charge in [0, 0.05) is 16.7 Å². The van der Waals surface area contributed by atoms with E-state index in [4.69, 9.17) is 9.72 Å². The summed E-state index contributed by atoms with van der Waals surface area (Å²) in [5, 5.41) is 0. The Hall–Kier alpha value is -3.85. The smallest absolute Gasteiger partial charge is 0.134 e. The summed E-state index contributed by atoms with van der Waals surface area (Å²) < 4.78 is 8.77. The van der Waals surface area contributed by atoms with Gasteiger partial charge in [-0.3, -0.25) is 4.57 Å². The molecule has 0 N–H and O–H groups in total. The van der Waals surface area contributed by atoms with Crippen LogP contribution in [-0.4, -0.2) is 9.55 Å². The molecule has 3 heteroatoms. The first kappa shape index (κ1) is 16.9. The third kappa shape index (κ3) is 1.92. The summed E-state index contributed by atoms with van der Waals surface area (Å²) in [5.41, 5.74) is 7.86. The third-order valence-corrected chi connectivity index (χ3v) is 6.82. The molecule has 31 heavy (non-hydrogen) atoms. The molecule has 7 rings (SSSR count). The van der Waals surface area contributed by atoms with Crippen molar-refractivity contribution in [2.45, 2.75) is 18.8 Å². The number of aryl methyl sites for hydroxylation is 1.